The minimum atomic E-state index is -0.127. The molecule has 0 bridgehead atoms. The molecule has 1 rings (SSSR count). The van der Waals surface area contributed by atoms with Crippen molar-refractivity contribution in [3.8, 4) is 5.75 Å². The van der Waals surface area contributed by atoms with Crippen LogP contribution in [0.15, 0.2) is 18.2 Å². The zero-order chi connectivity index (χ0) is 8.97. The summed E-state index contributed by atoms with van der Waals surface area (Å²) < 4.78 is 0. The fourth-order valence-electron chi connectivity index (χ4n) is 1.01. The van der Waals surface area contributed by atoms with Gasteiger partial charge < -0.3 is 15.5 Å². The number of aliphatic hydroxyl groups excluding tert-OH is 1. The number of rotatable bonds is 3. The van der Waals surface area contributed by atoms with Crippen molar-refractivity contribution < 1.29 is 10.2 Å². The van der Waals surface area contributed by atoms with E-state index < -0.39 is 0 Å². The van der Waals surface area contributed by atoms with E-state index in [-0.39, 0.29) is 12.4 Å². The maximum atomic E-state index is 9.32. The molecule has 3 heteroatoms. The average Bonchev–Trinajstić information content (AvgIpc) is 2.05. The fraction of sp³-hybridized carbons (Fsp3) is 0.333. The van der Waals surface area contributed by atoms with E-state index in [0.717, 1.165) is 12.2 Å². The smallest absolute Gasteiger partial charge is 0.123 e. The first kappa shape index (κ1) is 8.87. The van der Waals surface area contributed by atoms with Crippen molar-refractivity contribution in [1.29, 1.82) is 0 Å². The fourth-order valence-corrected chi connectivity index (χ4v) is 1.01. The molecule has 3 nitrogen and oxygen atoms in total. The van der Waals surface area contributed by atoms with E-state index in [2.05, 4.69) is 5.32 Å². The van der Waals surface area contributed by atoms with E-state index in [0.29, 0.717) is 5.56 Å². The van der Waals surface area contributed by atoms with Gasteiger partial charge in [-0.3, -0.25) is 0 Å². The molecular formula is C9H13NO2. The first-order valence-electron chi connectivity index (χ1n) is 3.94. The monoisotopic (exact) mass is 167 g/mol. The molecular weight excluding hydrogens is 154 g/mol. The summed E-state index contributed by atoms with van der Waals surface area (Å²) in [5, 5.41) is 21.1. The van der Waals surface area contributed by atoms with Crippen molar-refractivity contribution in [1.82, 2.24) is 0 Å². The van der Waals surface area contributed by atoms with E-state index in [9.17, 15) is 5.11 Å². The van der Waals surface area contributed by atoms with Crippen LogP contribution in [-0.2, 0) is 6.61 Å². The summed E-state index contributed by atoms with van der Waals surface area (Å²) in [7, 11) is 0. The number of hydrogen-bond donors (Lipinski definition) is 3. The molecule has 0 radical (unpaired) electrons. The zero-order valence-electron chi connectivity index (χ0n) is 7.04. The minimum absolute atomic E-state index is 0.127. The molecule has 0 saturated heterocycles. The summed E-state index contributed by atoms with van der Waals surface area (Å²) >= 11 is 0. The Hall–Kier alpha value is -1.22. The Morgan fingerprint density at radius 2 is 2.17 bits per heavy atom. The highest BCUT2D eigenvalue weighted by Gasteiger charge is 1.99. The van der Waals surface area contributed by atoms with Gasteiger partial charge in [-0.25, -0.2) is 0 Å². The molecule has 0 amide bonds. The van der Waals surface area contributed by atoms with Crippen LogP contribution in [-0.4, -0.2) is 16.8 Å². The molecule has 0 aliphatic rings. The Morgan fingerprint density at radius 3 is 2.67 bits per heavy atom. The van der Waals surface area contributed by atoms with Gasteiger partial charge in [-0.2, -0.15) is 0 Å². The number of aromatic hydroxyl groups is 1. The van der Waals surface area contributed by atoms with Gasteiger partial charge >= 0.3 is 0 Å². The molecule has 3 N–H and O–H groups in total. The van der Waals surface area contributed by atoms with Crippen LogP contribution < -0.4 is 5.32 Å². The maximum absolute atomic E-state index is 9.32. The number of hydrogen-bond acceptors (Lipinski definition) is 3. The second-order valence-corrected chi connectivity index (χ2v) is 2.53. The van der Waals surface area contributed by atoms with Crippen molar-refractivity contribution in [3.05, 3.63) is 23.8 Å². The predicted octanol–water partition coefficient (Wildman–Crippen LogP) is 1.32. The van der Waals surface area contributed by atoms with E-state index in [1.165, 1.54) is 0 Å². The minimum Gasteiger partial charge on any atom is -0.508 e. The third-order valence-corrected chi connectivity index (χ3v) is 1.64. The van der Waals surface area contributed by atoms with Crippen LogP contribution in [0.25, 0.3) is 0 Å². The lowest BCUT2D eigenvalue weighted by atomic mass is 10.2. The zero-order valence-corrected chi connectivity index (χ0v) is 7.04. The summed E-state index contributed by atoms with van der Waals surface area (Å²) in [6, 6.07) is 5.14. The van der Waals surface area contributed by atoms with Gasteiger partial charge in [-0.1, -0.05) is 6.07 Å². The summed E-state index contributed by atoms with van der Waals surface area (Å²) in [6.07, 6.45) is 0. The van der Waals surface area contributed by atoms with Crippen LogP contribution in [0.1, 0.15) is 12.5 Å². The summed E-state index contributed by atoms with van der Waals surface area (Å²) in [4.78, 5) is 0. The SMILES string of the molecule is CCNc1ccc(CO)c(O)c1. The molecule has 0 aliphatic heterocycles. The molecule has 0 saturated carbocycles. The van der Waals surface area contributed by atoms with E-state index in [1.807, 2.05) is 13.0 Å². The van der Waals surface area contributed by atoms with Gasteiger partial charge in [0.25, 0.3) is 0 Å². The second kappa shape index (κ2) is 3.97. The molecule has 0 aromatic heterocycles. The van der Waals surface area contributed by atoms with E-state index >= 15 is 0 Å². The molecule has 0 spiro atoms. The first-order chi connectivity index (χ1) is 5.77. The van der Waals surface area contributed by atoms with Crippen LogP contribution in [0, 0.1) is 0 Å². The van der Waals surface area contributed by atoms with E-state index in [4.69, 9.17) is 5.11 Å². The number of anilines is 1. The normalized spacial score (nSPS) is 9.83. The van der Waals surface area contributed by atoms with Gasteiger partial charge in [0, 0.05) is 23.9 Å². The second-order valence-electron chi connectivity index (χ2n) is 2.53. The molecule has 1 aromatic rings. The van der Waals surface area contributed by atoms with Crippen LogP contribution in [0.5, 0.6) is 5.75 Å². The van der Waals surface area contributed by atoms with Crippen molar-refractivity contribution in [2.75, 3.05) is 11.9 Å². The third-order valence-electron chi connectivity index (χ3n) is 1.64. The Bertz CT molecular complexity index is 261. The number of phenols is 1. The Labute approximate surface area is 71.7 Å². The lowest BCUT2D eigenvalue weighted by Gasteiger charge is -2.05. The summed E-state index contributed by atoms with van der Waals surface area (Å²) in [6.45, 7) is 2.67. The van der Waals surface area contributed by atoms with Crippen LogP contribution >= 0.6 is 0 Å². The van der Waals surface area contributed by atoms with Crippen LogP contribution in [0.2, 0.25) is 0 Å². The molecule has 0 unspecified atom stereocenters. The third kappa shape index (κ3) is 1.89. The van der Waals surface area contributed by atoms with Crippen molar-refractivity contribution in [3.63, 3.8) is 0 Å². The summed E-state index contributed by atoms with van der Waals surface area (Å²) in [5.74, 6) is 0.135. The Kier molecular flexibility index (Phi) is 2.94. The Balaban J connectivity index is 2.86. The lowest BCUT2D eigenvalue weighted by Crippen LogP contribution is -1.96. The topological polar surface area (TPSA) is 52.5 Å². The molecule has 0 heterocycles. The van der Waals surface area contributed by atoms with Gasteiger partial charge in [0.1, 0.15) is 5.75 Å². The van der Waals surface area contributed by atoms with Crippen molar-refractivity contribution >= 4 is 5.69 Å². The predicted molar refractivity (Wildman–Crippen MR) is 48.2 cm³/mol. The molecule has 12 heavy (non-hydrogen) atoms. The molecule has 0 fully saturated rings. The highest BCUT2D eigenvalue weighted by Crippen LogP contribution is 2.21. The average molecular weight is 167 g/mol. The van der Waals surface area contributed by atoms with E-state index in [1.54, 1.807) is 12.1 Å². The number of benzene rings is 1. The molecule has 1 aromatic carbocycles. The standard InChI is InChI=1S/C9H13NO2/c1-2-10-8-4-3-7(6-11)9(12)5-8/h3-5,10-12H,2,6H2,1H3. The highest BCUT2D eigenvalue weighted by atomic mass is 16.3. The quantitative estimate of drug-likeness (QED) is 0.636. The number of aliphatic hydroxyl groups is 1. The van der Waals surface area contributed by atoms with Crippen molar-refractivity contribution in [2.24, 2.45) is 0 Å². The molecule has 0 atom stereocenters. The van der Waals surface area contributed by atoms with Gasteiger partial charge in [-0.15, -0.1) is 0 Å². The highest BCUT2D eigenvalue weighted by molar-refractivity contribution is 5.50. The largest absolute Gasteiger partial charge is 0.508 e. The van der Waals surface area contributed by atoms with Crippen LogP contribution in [0.3, 0.4) is 0 Å². The van der Waals surface area contributed by atoms with Gasteiger partial charge in [-0.05, 0) is 13.0 Å². The maximum Gasteiger partial charge on any atom is 0.123 e. The van der Waals surface area contributed by atoms with Gasteiger partial charge in [0.2, 0.25) is 0 Å². The molecule has 66 valence electrons. The first-order valence-corrected chi connectivity index (χ1v) is 3.94. The Morgan fingerprint density at radius 1 is 1.42 bits per heavy atom. The van der Waals surface area contributed by atoms with Gasteiger partial charge in [0.15, 0.2) is 0 Å². The number of nitrogens with one attached hydrogen (secondary N) is 1. The van der Waals surface area contributed by atoms with Crippen LogP contribution in [0.4, 0.5) is 5.69 Å². The summed E-state index contributed by atoms with van der Waals surface area (Å²) in [5.41, 5.74) is 1.42. The van der Waals surface area contributed by atoms with Crippen molar-refractivity contribution in [2.45, 2.75) is 13.5 Å². The lowest BCUT2D eigenvalue weighted by molar-refractivity contribution is 0.275. The van der Waals surface area contributed by atoms with Gasteiger partial charge in [0.05, 0.1) is 6.61 Å². The molecule has 0 aliphatic carbocycles.